The zero-order valence-electron chi connectivity index (χ0n) is 16.2. The zero-order valence-corrected chi connectivity index (χ0v) is 16.2. The molecule has 2 N–H and O–H groups in total. The summed E-state index contributed by atoms with van der Waals surface area (Å²) in [7, 11) is 2.04. The summed E-state index contributed by atoms with van der Waals surface area (Å²) in [6, 6.07) is 17.1. The van der Waals surface area contributed by atoms with Crippen LogP contribution >= 0.6 is 0 Å². The normalized spacial score (nSPS) is 15.8. The van der Waals surface area contributed by atoms with Gasteiger partial charge < -0.3 is 20.3 Å². The Morgan fingerprint density at radius 3 is 2.71 bits per heavy atom. The first kappa shape index (κ1) is 19.9. The molecule has 3 rings (SSSR count). The van der Waals surface area contributed by atoms with E-state index in [9.17, 15) is 9.59 Å². The average Bonchev–Trinajstić information content (AvgIpc) is 3.27. The van der Waals surface area contributed by atoms with Gasteiger partial charge in [0.25, 0.3) is 11.8 Å². The van der Waals surface area contributed by atoms with Crippen LogP contribution < -0.4 is 15.5 Å². The largest absolute Gasteiger partial charge is 0.375 e. The van der Waals surface area contributed by atoms with Crippen LogP contribution in [0, 0.1) is 0 Å². The predicted molar refractivity (Wildman–Crippen MR) is 111 cm³/mol. The maximum Gasteiger partial charge on any atom is 0.253 e. The van der Waals surface area contributed by atoms with Crippen LogP contribution in [0.1, 0.15) is 29.6 Å². The Kier molecular flexibility index (Phi) is 7.03. The summed E-state index contributed by atoms with van der Waals surface area (Å²) < 4.78 is 5.39. The molecule has 0 bridgehead atoms. The van der Waals surface area contributed by atoms with Crippen LogP contribution in [0.25, 0.3) is 0 Å². The number of hydrogen-bond acceptors (Lipinski definition) is 4. The molecule has 0 aromatic heterocycles. The number of benzene rings is 2. The molecule has 0 radical (unpaired) electrons. The van der Waals surface area contributed by atoms with Gasteiger partial charge in [0.1, 0.15) is 6.10 Å². The first-order valence-electron chi connectivity index (χ1n) is 9.70. The molecule has 1 saturated heterocycles. The molecule has 2 aromatic rings. The van der Waals surface area contributed by atoms with E-state index in [2.05, 4.69) is 27.7 Å². The Bertz CT molecular complexity index is 789. The maximum atomic E-state index is 12.4. The molecule has 1 aliphatic heterocycles. The molecule has 1 aliphatic rings. The number of ether oxygens (including phenoxy) is 1. The van der Waals surface area contributed by atoms with Crippen LogP contribution in [0.5, 0.6) is 0 Å². The number of carbonyl (C=O) groups excluding carboxylic acids is 2. The number of rotatable bonds is 8. The zero-order chi connectivity index (χ0) is 19.8. The van der Waals surface area contributed by atoms with Crippen molar-refractivity contribution in [1.29, 1.82) is 0 Å². The van der Waals surface area contributed by atoms with E-state index in [1.807, 2.05) is 25.2 Å². The second-order valence-corrected chi connectivity index (χ2v) is 6.94. The van der Waals surface area contributed by atoms with Crippen LogP contribution in [0.4, 0.5) is 11.4 Å². The van der Waals surface area contributed by atoms with Gasteiger partial charge >= 0.3 is 0 Å². The number of hydrogen-bond donors (Lipinski definition) is 2. The molecule has 1 heterocycles. The second kappa shape index (κ2) is 9.90. The van der Waals surface area contributed by atoms with Gasteiger partial charge in [0, 0.05) is 43.7 Å². The van der Waals surface area contributed by atoms with Gasteiger partial charge in [0.15, 0.2) is 0 Å². The summed E-state index contributed by atoms with van der Waals surface area (Å²) >= 11 is 0. The molecule has 148 valence electrons. The Morgan fingerprint density at radius 2 is 1.96 bits per heavy atom. The minimum atomic E-state index is -0.390. The van der Waals surface area contributed by atoms with Gasteiger partial charge in [0.2, 0.25) is 0 Å². The summed E-state index contributed by atoms with van der Waals surface area (Å²) in [5.41, 5.74) is 2.29. The molecule has 0 unspecified atom stereocenters. The second-order valence-electron chi connectivity index (χ2n) is 6.94. The topological polar surface area (TPSA) is 70.7 Å². The Balaban J connectivity index is 1.44. The van der Waals surface area contributed by atoms with E-state index in [-0.39, 0.29) is 17.9 Å². The lowest BCUT2D eigenvalue weighted by atomic mass is 10.1. The molecule has 1 atom stereocenters. The number of amides is 2. The van der Waals surface area contributed by atoms with Gasteiger partial charge in [-0.05, 0) is 49.6 Å². The van der Waals surface area contributed by atoms with Gasteiger partial charge in [-0.3, -0.25) is 9.59 Å². The maximum absolute atomic E-state index is 12.4. The quantitative estimate of drug-likeness (QED) is 0.690. The third kappa shape index (κ3) is 5.57. The van der Waals surface area contributed by atoms with Gasteiger partial charge in [-0.1, -0.05) is 24.3 Å². The van der Waals surface area contributed by atoms with Crippen molar-refractivity contribution in [3.8, 4) is 0 Å². The summed E-state index contributed by atoms with van der Waals surface area (Å²) in [4.78, 5) is 26.7. The van der Waals surface area contributed by atoms with Crippen molar-refractivity contribution in [2.75, 3.05) is 37.0 Å². The predicted octanol–water partition coefficient (Wildman–Crippen LogP) is 3.06. The standard InChI is InChI=1S/C22H27N3O3/c1-25(19-10-3-2-4-11-19)14-7-13-23-21(26)17-8-5-9-18(16-17)24-22(27)20-12-6-15-28-20/h2-5,8-11,16,20H,6-7,12-15H2,1H3,(H,23,26)(H,24,27)/t20-/m0/s1. The number of nitrogens with one attached hydrogen (secondary N) is 2. The molecular formula is C22H27N3O3. The van der Waals surface area contributed by atoms with Crippen molar-refractivity contribution in [3.05, 3.63) is 60.2 Å². The third-order valence-corrected chi connectivity index (χ3v) is 4.77. The van der Waals surface area contributed by atoms with Crippen LogP contribution in [0.15, 0.2) is 54.6 Å². The van der Waals surface area contributed by atoms with Crippen LogP contribution in [0.3, 0.4) is 0 Å². The minimum Gasteiger partial charge on any atom is -0.375 e. The molecule has 2 amide bonds. The molecule has 1 fully saturated rings. The van der Waals surface area contributed by atoms with Crippen LogP contribution in [0.2, 0.25) is 0 Å². The molecule has 6 heteroatoms. The lowest BCUT2D eigenvalue weighted by molar-refractivity contribution is -0.124. The van der Waals surface area contributed by atoms with Crippen molar-refractivity contribution in [3.63, 3.8) is 0 Å². The highest BCUT2D eigenvalue weighted by molar-refractivity contribution is 5.98. The van der Waals surface area contributed by atoms with Crippen LogP contribution in [-0.2, 0) is 9.53 Å². The Labute approximate surface area is 165 Å². The fourth-order valence-electron chi connectivity index (χ4n) is 3.18. The van der Waals surface area contributed by atoms with Gasteiger partial charge in [-0.15, -0.1) is 0 Å². The first-order valence-corrected chi connectivity index (χ1v) is 9.70. The lowest BCUT2D eigenvalue weighted by Crippen LogP contribution is -2.29. The van der Waals surface area contributed by atoms with E-state index >= 15 is 0 Å². The monoisotopic (exact) mass is 381 g/mol. The lowest BCUT2D eigenvalue weighted by Gasteiger charge is -2.19. The highest BCUT2D eigenvalue weighted by Crippen LogP contribution is 2.16. The van der Waals surface area contributed by atoms with Crippen molar-refractivity contribution in [2.45, 2.75) is 25.4 Å². The summed E-state index contributed by atoms with van der Waals surface area (Å²) in [6.45, 7) is 2.06. The van der Waals surface area contributed by atoms with Crippen molar-refractivity contribution in [1.82, 2.24) is 5.32 Å². The van der Waals surface area contributed by atoms with E-state index in [1.54, 1.807) is 24.3 Å². The van der Waals surface area contributed by atoms with E-state index in [4.69, 9.17) is 4.74 Å². The number of carbonyl (C=O) groups is 2. The Morgan fingerprint density at radius 1 is 1.14 bits per heavy atom. The van der Waals surface area contributed by atoms with Crippen molar-refractivity contribution < 1.29 is 14.3 Å². The number of para-hydroxylation sites is 1. The van der Waals surface area contributed by atoms with Crippen LogP contribution in [-0.4, -0.2) is 44.7 Å². The van der Waals surface area contributed by atoms with Gasteiger partial charge in [-0.25, -0.2) is 0 Å². The summed E-state index contributed by atoms with van der Waals surface area (Å²) in [6.07, 6.45) is 2.09. The SMILES string of the molecule is CN(CCCNC(=O)c1cccc(NC(=O)[C@@H]2CCCO2)c1)c1ccccc1. The van der Waals surface area contributed by atoms with Gasteiger partial charge in [0.05, 0.1) is 0 Å². The highest BCUT2D eigenvalue weighted by Gasteiger charge is 2.23. The molecule has 0 aliphatic carbocycles. The van der Waals surface area contributed by atoms with E-state index in [0.29, 0.717) is 24.4 Å². The number of nitrogens with zero attached hydrogens (tertiary/aromatic N) is 1. The summed E-state index contributed by atoms with van der Waals surface area (Å²) in [5.74, 6) is -0.297. The average molecular weight is 381 g/mol. The fourth-order valence-corrected chi connectivity index (χ4v) is 3.18. The molecule has 0 spiro atoms. The Hall–Kier alpha value is -2.86. The summed E-state index contributed by atoms with van der Waals surface area (Å²) in [5, 5.41) is 5.77. The molecule has 2 aromatic carbocycles. The van der Waals surface area contributed by atoms with Crippen molar-refractivity contribution >= 4 is 23.2 Å². The molecule has 28 heavy (non-hydrogen) atoms. The number of anilines is 2. The third-order valence-electron chi connectivity index (χ3n) is 4.77. The fraction of sp³-hybridized carbons (Fsp3) is 0.364. The van der Waals surface area contributed by atoms with E-state index < -0.39 is 0 Å². The highest BCUT2D eigenvalue weighted by atomic mass is 16.5. The molecule has 6 nitrogen and oxygen atoms in total. The molecule has 0 saturated carbocycles. The molecular weight excluding hydrogens is 354 g/mol. The first-order chi connectivity index (χ1) is 13.6. The smallest absolute Gasteiger partial charge is 0.253 e. The van der Waals surface area contributed by atoms with E-state index in [0.717, 1.165) is 31.5 Å². The van der Waals surface area contributed by atoms with Gasteiger partial charge in [-0.2, -0.15) is 0 Å². The van der Waals surface area contributed by atoms with Crippen molar-refractivity contribution in [2.24, 2.45) is 0 Å². The van der Waals surface area contributed by atoms with E-state index in [1.165, 1.54) is 0 Å². The minimum absolute atomic E-state index is 0.143.